The van der Waals surface area contributed by atoms with Crippen molar-refractivity contribution in [2.75, 3.05) is 12.8 Å². The van der Waals surface area contributed by atoms with Gasteiger partial charge >= 0.3 is 5.97 Å². The Morgan fingerprint density at radius 3 is 2.93 bits per heavy atom. The van der Waals surface area contributed by atoms with Crippen molar-refractivity contribution in [1.29, 1.82) is 0 Å². The summed E-state index contributed by atoms with van der Waals surface area (Å²) in [5.74, 6) is -1.04. The summed E-state index contributed by atoms with van der Waals surface area (Å²) < 4.78 is 18.0. The van der Waals surface area contributed by atoms with Gasteiger partial charge in [-0.15, -0.1) is 0 Å². The standard InChI is InChI=1S/C10H9FN2O2/c1-15-10(14)8-7-5(11)3-2-4-6(7)13-9(8)12/h2-4,13H,12H2,1H3. The number of aromatic amines is 1. The quantitative estimate of drug-likeness (QED) is 0.700. The highest BCUT2D eigenvalue weighted by atomic mass is 19.1. The first-order chi connectivity index (χ1) is 7.15. The fourth-order valence-corrected chi connectivity index (χ4v) is 1.54. The van der Waals surface area contributed by atoms with E-state index in [9.17, 15) is 9.18 Å². The zero-order valence-corrected chi connectivity index (χ0v) is 8.00. The summed E-state index contributed by atoms with van der Waals surface area (Å²) in [7, 11) is 1.22. The molecule has 0 unspecified atom stereocenters. The first-order valence-electron chi connectivity index (χ1n) is 4.29. The van der Waals surface area contributed by atoms with Crippen LogP contribution in [-0.4, -0.2) is 18.1 Å². The Morgan fingerprint density at radius 1 is 1.53 bits per heavy atom. The molecule has 3 N–H and O–H groups in total. The zero-order valence-electron chi connectivity index (χ0n) is 8.00. The van der Waals surface area contributed by atoms with Crippen molar-refractivity contribution in [2.45, 2.75) is 0 Å². The molecule has 1 aromatic carbocycles. The van der Waals surface area contributed by atoms with Crippen molar-refractivity contribution >= 4 is 22.7 Å². The summed E-state index contributed by atoms with van der Waals surface area (Å²) in [6, 6.07) is 4.44. The van der Waals surface area contributed by atoms with Gasteiger partial charge in [0.25, 0.3) is 0 Å². The fraction of sp³-hybridized carbons (Fsp3) is 0.100. The van der Waals surface area contributed by atoms with Gasteiger partial charge < -0.3 is 15.5 Å². The number of rotatable bonds is 1. The molecule has 1 aromatic heterocycles. The number of nitrogens with one attached hydrogen (secondary N) is 1. The fourth-order valence-electron chi connectivity index (χ4n) is 1.54. The van der Waals surface area contributed by atoms with Crippen LogP contribution in [0.15, 0.2) is 18.2 Å². The van der Waals surface area contributed by atoms with Crippen LogP contribution in [0.1, 0.15) is 10.4 Å². The minimum absolute atomic E-state index is 0.0469. The lowest BCUT2D eigenvalue weighted by Crippen LogP contribution is -2.04. The molecule has 4 nitrogen and oxygen atoms in total. The summed E-state index contributed by atoms with van der Waals surface area (Å²) in [6.45, 7) is 0. The highest BCUT2D eigenvalue weighted by Gasteiger charge is 2.19. The molecule has 0 aliphatic carbocycles. The van der Waals surface area contributed by atoms with Gasteiger partial charge in [0.2, 0.25) is 0 Å². The number of hydrogen-bond acceptors (Lipinski definition) is 3. The lowest BCUT2D eigenvalue weighted by molar-refractivity contribution is 0.0604. The number of anilines is 1. The van der Waals surface area contributed by atoms with Gasteiger partial charge in [0.05, 0.1) is 18.0 Å². The van der Waals surface area contributed by atoms with E-state index < -0.39 is 11.8 Å². The number of esters is 1. The Morgan fingerprint density at radius 2 is 2.27 bits per heavy atom. The van der Waals surface area contributed by atoms with Crippen molar-refractivity contribution in [2.24, 2.45) is 0 Å². The molecule has 0 atom stereocenters. The molecule has 2 rings (SSSR count). The van der Waals surface area contributed by atoms with Crippen LogP contribution in [0.2, 0.25) is 0 Å². The lowest BCUT2D eigenvalue weighted by Gasteiger charge is -1.98. The van der Waals surface area contributed by atoms with Crippen LogP contribution < -0.4 is 5.73 Å². The first kappa shape index (κ1) is 9.51. The number of halogens is 1. The highest BCUT2D eigenvalue weighted by molar-refractivity contribution is 6.09. The van der Waals surface area contributed by atoms with Gasteiger partial charge in [-0.2, -0.15) is 0 Å². The van der Waals surface area contributed by atoms with Crippen LogP contribution in [0.5, 0.6) is 0 Å². The maximum absolute atomic E-state index is 13.5. The van der Waals surface area contributed by atoms with E-state index in [1.54, 1.807) is 6.07 Å². The summed E-state index contributed by atoms with van der Waals surface area (Å²) >= 11 is 0. The molecule has 78 valence electrons. The number of nitrogens with two attached hydrogens (primary N) is 1. The SMILES string of the molecule is COC(=O)c1c(N)[nH]c2cccc(F)c12. The van der Waals surface area contributed by atoms with Crippen molar-refractivity contribution in [3.05, 3.63) is 29.6 Å². The van der Waals surface area contributed by atoms with Gasteiger partial charge in [-0.1, -0.05) is 6.07 Å². The van der Waals surface area contributed by atoms with Crippen LogP contribution >= 0.6 is 0 Å². The van der Waals surface area contributed by atoms with Gasteiger partial charge in [-0.3, -0.25) is 0 Å². The minimum Gasteiger partial charge on any atom is -0.465 e. The largest absolute Gasteiger partial charge is 0.465 e. The number of H-pyrrole nitrogens is 1. The van der Waals surface area contributed by atoms with Gasteiger partial charge in [0, 0.05) is 0 Å². The van der Waals surface area contributed by atoms with Crippen molar-refractivity contribution in [1.82, 2.24) is 4.98 Å². The molecule has 0 fully saturated rings. The minimum atomic E-state index is -0.649. The molecule has 0 aliphatic rings. The molecule has 0 radical (unpaired) electrons. The number of hydrogen-bond donors (Lipinski definition) is 2. The van der Waals surface area contributed by atoms with Crippen molar-refractivity contribution in [3.63, 3.8) is 0 Å². The predicted octanol–water partition coefficient (Wildman–Crippen LogP) is 1.68. The van der Waals surface area contributed by atoms with Crippen LogP contribution in [0.4, 0.5) is 10.2 Å². The average Bonchev–Trinajstić information content (AvgIpc) is 2.55. The van der Waals surface area contributed by atoms with Gasteiger partial charge in [0.15, 0.2) is 0 Å². The van der Waals surface area contributed by atoms with Gasteiger partial charge in [-0.25, -0.2) is 9.18 Å². The van der Waals surface area contributed by atoms with E-state index in [1.165, 1.54) is 19.2 Å². The lowest BCUT2D eigenvalue weighted by atomic mass is 10.1. The number of ether oxygens (including phenoxy) is 1. The number of carbonyl (C=O) groups excluding carboxylic acids is 1. The first-order valence-corrected chi connectivity index (χ1v) is 4.29. The molecular weight excluding hydrogens is 199 g/mol. The molecule has 0 spiro atoms. The van der Waals surface area contributed by atoms with Crippen LogP contribution in [0, 0.1) is 5.82 Å². The molecule has 0 saturated heterocycles. The number of methoxy groups -OCH3 is 1. The van der Waals surface area contributed by atoms with E-state index in [1.807, 2.05) is 0 Å². The molecule has 5 heteroatoms. The maximum Gasteiger partial charge on any atom is 0.342 e. The second-order valence-electron chi connectivity index (χ2n) is 3.07. The summed E-state index contributed by atoms with van der Waals surface area (Å²) in [5, 5.41) is 0.168. The molecule has 0 saturated carbocycles. The Kier molecular flexibility index (Phi) is 2.07. The predicted molar refractivity (Wildman–Crippen MR) is 54.0 cm³/mol. The van der Waals surface area contributed by atoms with Crippen molar-refractivity contribution < 1.29 is 13.9 Å². The number of benzene rings is 1. The topological polar surface area (TPSA) is 68.1 Å². The third-order valence-electron chi connectivity index (χ3n) is 2.19. The van der Waals surface area contributed by atoms with E-state index >= 15 is 0 Å². The van der Waals surface area contributed by atoms with E-state index in [2.05, 4.69) is 9.72 Å². The molecule has 1 heterocycles. The molecule has 0 amide bonds. The smallest absolute Gasteiger partial charge is 0.342 e. The monoisotopic (exact) mass is 208 g/mol. The molecule has 0 aliphatic heterocycles. The third-order valence-corrected chi connectivity index (χ3v) is 2.19. The zero-order chi connectivity index (χ0) is 11.0. The molecule has 0 bridgehead atoms. The number of fused-ring (bicyclic) bond motifs is 1. The van der Waals surface area contributed by atoms with Gasteiger partial charge in [0.1, 0.15) is 17.2 Å². The van der Waals surface area contributed by atoms with Crippen LogP contribution in [0.25, 0.3) is 10.9 Å². The van der Waals surface area contributed by atoms with Crippen molar-refractivity contribution in [3.8, 4) is 0 Å². The average molecular weight is 208 g/mol. The van der Waals surface area contributed by atoms with E-state index in [0.29, 0.717) is 5.52 Å². The Labute approximate surface area is 84.8 Å². The Hall–Kier alpha value is -2.04. The van der Waals surface area contributed by atoms with Crippen LogP contribution in [-0.2, 0) is 4.74 Å². The third kappa shape index (κ3) is 1.32. The molecular formula is C10H9FN2O2. The van der Waals surface area contributed by atoms with Crippen LogP contribution in [0.3, 0.4) is 0 Å². The molecule has 15 heavy (non-hydrogen) atoms. The molecule has 2 aromatic rings. The summed E-state index contributed by atoms with van der Waals surface area (Å²) in [4.78, 5) is 14.1. The maximum atomic E-state index is 13.5. The number of carbonyl (C=O) groups is 1. The van der Waals surface area contributed by atoms with E-state index in [-0.39, 0.29) is 16.8 Å². The number of aromatic nitrogens is 1. The van der Waals surface area contributed by atoms with E-state index in [0.717, 1.165) is 0 Å². The van der Waals surface area contributed by atoms with E-state index in [4.69, 9.17) is 5.73 Å². The normalized spacial score (nSPS) is 10.5. The number of nitrogen functional groups attached to an aromatic ring is 1. The summed E-state index contributed by atoms with van der Waals surface area (Å²) in [5.41, 5.74) is 6.10. The second-order valence-corrected chi connectivity index (χ2v) is 3.07. The van der Waals surface area contributed by atoms with Gasteiger partial charge in [-0.05, 0) is 12.1 Å². The Balaban J connectivity index is 2.82. The highest BCUT2D eigenvalue weighted by Crippen LogP contribution is 2.27. The Bertz CT molecular complexity index is 533. The summed E-state index contributed by atoms with van der Waals surface area (Å²) in [6.07, 6.45) is 0. The second kappa shape index (κ2) is 3.27.